The predicted molar refractivity (Wildman–Crippen MR) is 93.5 cm³/mol. The Bertz CT molecular complexity index is 1150. The predicted octanol–water partition coefficient (Wildman–Crippen LogP) is 2.82. The van der Waals surface area contributed by atoms with E-state index in [4.69, 9.17) is 0 Å². The van der Waals surface area contributed by atoms with Gasteiger partial charge in [0.25, 0.3) is 5.56 Å². The van der Waals surface area contributed by atoms with Crippen LogP contribution >= 0.6 is 11.3 Å². The van der Waals surface area contributed by atoms with E-state index < -0.39 is 29.4 Å². The minimum absolute atomic E-state index is 0.194. The van der Waals surface area contributed by atoms with Crippen molar-refractivity contribution in [3.8, 4) is 0 Å². The summed E-state index contributed by atoms with van der Waals surface area (Å²) in [6.45, 7) is 0.194. The second-order valence-electron chi connectivity index (χ2n) is 6.09. The summed E-state index contributed by atoms with van der Waals surface area (Å²) in [5.41, 5.74) is 0.172. The van der Waals surface area contributed by atoms with Crippen LogP contribution in [0, 0.1) is 0 Å². The maximum atomic E-state index is 13.5. The standard InChI is InChI=1S/C15H12F5N5O2S/c1-14(16,17)13(27)23-25-11(26)9-8(22-12(25)15(18,19)20)7-6(24(2)3)4-5-21-10(7)28-9/h4-5H,1-3H3,(H,23,27). The van der Waals surface area contributed by atoms with Crippen LogP contribution in [-0.2, 0) is 11.0 Å². The number of pyridine rings is 1. The van der Waals surface area contributed by atoms with Gasteiger partial charge in [0.2, 0.25) is 5.82 Å². The van der Waals surface area contributed by atoms with E-state index in [-0.39, 0.29) is 32.0 Å². The number of alkyl halides is 5. The summed E-state index contributed by atoms with van der Waals surface area (Å²) in [5.74, 6) is -7.90. The molecule has 28 heavy (non-hydrogen) atoms. The van der Waals surface area contributed by atoms with Gasteiger partial charge in [0, 0.05) is 27.2 Å². The summed E-state index contributed by atoms with van der Waals surface area (Å²) in [5, 5.41) is 0.217. The molecule has 7 nitrogen and oxygen atoms in total. The Morgan fingerprint density at radius 1 is 1.25 bits per heavy atom. The molecular formula is C15H12F5N5O2S. The quantitative estimate of drug-likeness (QED) is 0.658. The molecule has 0 fully saturated rings. The fourth-order valence-electron chi connectivity index (χ4n) is 2.46. The normalized spacial score (nSPS) is 12.6. The SMILES string of the molecule is CN(C)c1ccnc2sc3c(=O)n(NC(=O)C(C)(F)F)c(C(F)(F)F)nc3c12. The molecule has 0 atom stereocenters. The third kappa shape index (κ3) is 3.25. The van der Waals surface area contributed by atoms with Gasteiger partial charge in [-0.2, -0.15) is 26.6 Å². The molecule has 150 valence electrons. The van der Waals surface area contributed by atoms with Crippen molar-refractivity contribution in [1.29, 1.82) is 0 Å². The summed E-state index contributed by atoms with van der Waals surface area (Å²) in [6, 6.07) is 1.54. The van der Waals surface area contributed by atoms with Crippen molar-refractivity contribution in [3.63, 3.8) is 0 Å². The molecule has 0 saturated carbocycles. The number of rotatable bonds is 3. The molecule has 3 rings (SSSR count). The van der Waals surface area contributed by atoms with Crippen LogP contribution in [0.4, 0.5) is 27.6 Å². The van der Waals surface area contributed by atoms with Gasteiger partial charge in [0.05, 0.1) is 11.1 Å². The van der Waals surface area contributed by atoms with Crippen molar-refractivity contribution in [2.45, 2.75) is 19.0 Å². The van der Waals surface area contributed by atoms with Crippen LogP contribution in [0.25, 0.3) is 20.4 Å². The van der Waals surface area contributed by atoms with E-state index in [0.29, 0.717) is 5.69 Å². The molecular weight excluding hydrogens is 409 g/mol. The zero-order valence-corrected chi connectivity index (χ0v) is 15.4. The molecule has 3 heterocycles. The number of hydrogen-bond acceptors (Lipinski definition) is 6. The molecule has 0 saturated heterocycles. The number of anilines is 1. The summed E-state index contributed by atoms with van der Waals surface area (Å²) in [6.07, 6.45) is -3.78. The minimum Gasteiger partial charge on any atom is -0.377 e. The fourth-order valence-corrected chi connectivity index (χ4v) is 3.50. The smallest absolute Gasteiger partial charge is 0.377 e. The monoisotopic (exact) mass is 421 g/mol. The summed E-state index contributed by atoms with van der Waals surface area (Å²) >= 11 is 0.748. The highest BCUT2D eigenvalue weighted by molar-refractivity contribution is 7.25. The zero-order chi connectivity index (χ0) is 21.0. The van der Waals surface area contributed by atoms with Crippen LogP contribution < -0.4 is 15.9 Å². The Labute approximate surface area is 157 Å². The van der Waals surface area contributed by atoms with E-state index in [2.05, 4.69) is 9.97 Å². The van der Waals surface area contributed by atoms with Gasteiger partial charge in [-0.1, -0.05) is 0 Å². The molecule has 3 aromatic rings. The molecule has 0 unspecified atom stereocenters. The van der Waals surface area contributed by atoms with Gasteiger partial charge >= 0.3 is 18.0 Å². The zero-order valence-electron chi connectivity index (χ0n) is 14.6. The van der Waals surface area contributed by atoms with E-state index in [0.717, 1.165) is 11.3 Å². The second-order valence-corrected chi connectivity index (χ2v) is 7.09. The van der Waals surface area contributed by atoms with E-state index in [1.807, 2.05) is 0 Å². The number of nitrogens with one attached hydrogen (secondary N) is 1. The van der Waals surface area contributed by atoms with E-state index in [1.54, 1.807) is 19.0 Å². The molecule has 0 aliphatic rings. The van der Waals surface area contributed by atoms with Crippen molar-refractivity contribution in [1.82, 2.24) is 14.6 Å². The maximum Gasteiger partial charge on any atom is 0.451 e. The third-order valence-electron chi connectivity index (χ3n) is 3.72. The minimum atomic E-state index is -5.20. The van der Waals surface area contributed by atoms with Gasteiger partial charge in [0.15, 0.2) is 0 Å². The number of fused-ring (bicyclic) bond motifs is 3. The number of aromatic nitrogens is 3. The molecule has 0 aromatic carbocycles. The fraction of sp³-hybridized carbons (Fsp3) is 0.333. The second kappa shape index (κ2) is 6.36. The van der Waals surface area contributed by atoms with Gasteiger partial charge in [-0.05, 0) is 6.07 Å². The van der Waals surface area contributed by atoms with Crippen LogP contribution in [-0.4, -0.2) is 40.6 Å². The summed E-state index contributed by atoms with van der Waals surface area (Å²) < 4.78 is 66.2. The molecule has 0 aliphatic heterocycles. The van der Waals surface area contributed by atoms with E-state index in [1.165, 1.54) is 17.7 Å². The maximum absolute atomic E-state index is 13.5. The van der Waals surface area contributed by atoms with Gasteiger partial charge in [0.1, 0.15) is 15.0 Å². The number of hydrogen-bond donors (Lipinski definition) is 1. The van der Waals surface area contributed by atoms with Crippen LogP contribution in [0.5, 0.6) is 0 Å². The lowest BCUT2D eigenvalue weighted by atomic mass is 10.2. The third-order valence-corrected chi connectivity index (χ3v) is 4.79. The number of carbonyl (C=O) groups is 1. The highest BCUT2D eigenvalue weighted by Crippen LogP contribution is 2.37. The lowest BCUT2D eigenvalue weighted by Crippen LogP contribution is -2.44. The van der Waals surface area contributed by atoms with E-state index >= 15 is 0 Å². The Morgan fingerprint density at radius 3 is 2.43 bits per heavy atom. The average molecular weight is 421 g/mol. The Kier molecular flexibility index (Phi) is 4.52. The molecule has 13 heteroatoms. The van der Waals surface area contributed by atoms with Crippen molar-refractivity contribution < 1.29 is 26.7 Å². The molecule has 0 radical (unpaired) electrons. The van der Waals surface area contributed by atoms with Crippen LogP contribution in [0.3, 0.4) is 0 Å². The number of carbonyl (C=O) groups excluding carboxylic acids is 1. The molecule has 3 aromatic heterocycles. The van der Waals surface area contributed by atoms with Crippen LogP contribution in [0.2, 0.25) is 0 Å². The van der Waals surface area contributed by atoms with Crippen molar-refractivity contribution in [2.24, 2.45) is 0 Å². The lowest BCUT2D eigenvalue weighted by molar-refractivity contribution is -0.148. The number of halogens is 5. The van der Waals surface area contributed by atoms with Gasteiger partial charge in [-0.15, -0.1) is 11.3 Å². The molecule has 0 spiro atoms. The largest absolute Gasteiger partial charge is 0.451 e. The van der Waals surface area contributed by atoms with Gasteiger partial charge in [-0.25, -0.2) is 9.97 Å². The molecule has 1 N–H and O–H groups in total. The summed E-state index contributed by atoms with van der Waals surface area (Å²) in [7, 11) is 3.29. The molecule has 0 bridgehead atoms. The lowest BCUT2D eigenvalue weighted by Gasteiger charge is -2.17. The van der Waals surface area contributed by atoms with Crippen molar-refractivity contribution in [2.75, 3.05) is 24.4 Å². The van der Waals surface area contributed by atoms with Crippen LogP contribution in [0.15, 0.2) is 17.1 Å². The first-order valence-corrected chi connectivity index (χ1v) is 8.42. The first-order chi connectivity index (χ1) is 12.8. The van der Waals surface area contributed by atoms with E-state index in [9.17, 15) is 31.5 Å². The molecule has 0 aliphatic carbocycles. The summed E-state index contributed by atoms with van der Waals surface area (Å²) in [4.78, 5) is 33.5. The van der Waals surface area contributed by atoms with Crippen molar-refractivity contribution in [3.05, 3.63) is 28.4 Å². The highest BCUT2D eigenvalue weighted by Gasteiger charge is 2.41. The average Bonchev–Trinajstić information content (AvgIpc) is 2.94. The number of nitrogens with zero attached hydrogens (tertiary/aromatic N) is 4. The Hall–Kier alpha value is -2.83. The Morgan fingerprint density at radius 2 is 1.89 bits per heavy atom. The number of amides is 1. The first-order valence-electron chi connectivity index (χ1n) is 7.60. The van der Waals surface area contributed by atoms with Gasteiger partial charge < -0.3 is 4.90 Å². The topological polar surface area (TPSA) is 80.1 Å². The Balaban J connectivity index is 2.41. The molecule has 1 amide bonds. The number of thiophene rings is 1. The van der Waals surface area contributed by atoms with Crippen LogP contribution in [0.1, 0.15) is 12.7 Å². The highest BCUT2D eigenvalue weighted by atomic mass is 32.1. The first kappa shape index (κ1) is 19.9. The van der Waals surface area contributed by atoms with Crippen molar-refractivity contribution >= 4 is 43.4 Å². The van der Waals surface area contributed by atoms with Gasteiger partial charge in [-0.3, -0.25) is 15.0 Å².